The van der Waals surface area contributed by atoms with Crippen molar-refractivity contribution in [3.05, 3.63) is 36.3 Å². The molecule has 3 aliphatic rings. The molecule has 0 unspecified atom stereocenters. The Labute approximate surface area is 239 Å². The maximum absolute atomic E-state index is 14.5. The maximum atomic E-state index is 14.5. The Kier molecular flexibility index (Phi) is 9.02. The van der Waals surface area contributed by atoms with Gasteiger partial charge in [-0.3, -0.25) is 4.79 Å². The largest absolute Gasteiger partial charge is 0.378 e. The predicted octanol–water partition coefficient (Wildman–Crippen LogP) is 4.15. The summed E-state index contributed by atoms with van der Waals surface area (Å²) in [6.07, 6.45) is 11.1. The third-order valence-corrected chi connectivity index (χ3v) is 8.32. The molecule has 1 amide bonds. The lowest BCUT2D eigenvalue weighted by molar-refractivity contribution is 0.0194. The van der Waals surface area contributed by atoms with Crippen molar-refractivity contribution in [1.82, 2.24) is 30.2 Å². The number of pyridine rings is 1. The van der Waals surface area contributed by atoms with Crippen LogP contribution in [0.1, 0.15) is 61.3 Å². The molecule has 2 atom stereocenters. The topological polar surface area (TPSA) is 109 Å². The molecule has 40 heavy (non-hydrogen) atoms. The Morgan fingerprint density at radius 3 is 2.67 bits per heavy atom. The Bertz CT molecular complexity index is 1310. The standard InChI is InChI=1S/C28H37FN8O2.ClH/c1-39-24-9-13-36(17-22(24)29)28-31-12-8-25(35-28)34-26-14-23-20(15-32-26)21(16-37(23)19-4-2-3-5-19)27(38)33-18-6-10-30-11-7-18;/h8,12,14-16,18-19,22,24,30H,2-7,9-11,13,17H2,1H3,(H,33,38)(H,31,32,34,35);1H/t22-,24+;/m1./s1. The highest BCUT2D eigenvalue weighted by Crippen LogP contribution is 2.35. The summed E-state index contributed by atoms with van der Waals surface area (Å²) in [5.74, 6) is 1.66. The van der Waals surface area contributed by atoms with E-state index in [0.29, 0.717) is 42.2 Å². The number of nitrogens with zero attached hydrogens (tertiary/aromatic N) is 5. The number of amides is 1. The van der Waals surface area contributed by atoms with Crippen LogP contribution in [0.5, 0.6) is 0 Å². The molecule has 10 nitrogen and oxygen atoms in total. The Morgan fingerprint density at radius 1 is 1.12 bits per heavy atom. The van der Waals surface area contributed by atoms with Gasteiger partial charge in [0.05, 0.1) is 23.7 Å². The average Bonchev–Trinajstić information content (AvgIpc) is 3.62. The summed E-state index contributed by atoms with van der Waals surface area (Å²) in [6, 6.07) is 4.34. The fourth-order valence-electron chi connectivity index (χ4n) is 6.14. The molecular formula is C28H38ClFN8O2. The third-order valence-electron chi connectivity index (χ3n) is 8.32. The smallest absolute Gasteiger partial charge is 0.253 e. The van der Waals surface area contributed by atoms with Crippen molar-refractivity contribution in [2.75, 3.05) is 43.5 Å². The molecule has 12 heteroatoms. The lowest BCUT2D eigenvalue weighted by Crippen LogP contribution is -2.46. The molecule has 3 aromatic rings. The molecule has 2 aliphatic heterocycles. The van der Waals surface area contributed by atoms with E-state index in [9.17, 15) is 9.18 Å². The number of hydrogen-bond donors (Lipinski definition) is 3. The van der Waals surface area contributed by atoms with Gasteiger partial charge in [-0.1, -0.05) is 12.8 Å². The molecule has 1 saturated carbocycles. The minimum absolute atomic E-state index is 0. The van der Waals surface area contributed by atoms with E-state index in [4.69, 9.17) is 4.74 Å². The van der Waals surface area contributed by atoms with Gasteiger partial charge in [0.2, 0.25) is 5.95 Å². The van der Waals surface area contributed by atoms with E-state index in [0.717, 1.165) is 49.7 Å². The van der Waals surface area contributed by atoms with Gasteiger partial charge < -0.3 is 30.2 Å². The summed E-state index contributed by atoms with van der Waals surface area (Å²) >= 11 is 0. The van der Waals surface area contributed by atoms with E-state index >= 15 is 0 Å². The normalized spacial score (nSPS) is 22.3. The highest BCUT2D eigenvalue weighted by Gasteiger charge is 2.30. The number of methoxy groups -OCH3 is 1. The van der Waals surface area contributed by atoms with E-state index in [-0.39, 0.29) is 37.0 Å². The first-order chi connectivity index (χ1) is 19.1. The minimum Gasteiger partial charge on any atom is -0.378 e. The lowest BCUT2D eigenvalue weighted by Gasteiger charge is -2.33. The zero-order chi connectivity index (χ0) is 26.8. The molecular weight excluding hydrogens is 535 g/mol. The number of alkyl halides is 1. The molecule has 3 aromatic heterocycles. The first-order valence-electron chi connectivity index (χ1n) is 14.1. The third kappa shape index (κ3) is 6.01. The number of hydrogen-bond acceptors (Lipinski definition) is 8. The van der Waals surface area contributed by atoms with Crippen LogP contribution in [0.2, 0.25) is 0 Å². The Hall–Kier alpha value is -3.02. The zero-order valence-electron chi connectivity index (χ0n) is 22.8. The van der Waals surface area contributed by atoms with Crippen LogP contribution in [0, 0.1) is 0 Å². The van der Waals surface area contributed by atoms with Gasteiger partial charge in [-0.15, -0.1) is 12.4 Å². The number of nitrogens with one attached hydrogen (secondary N) is 3. The molecule has 216 valence electrons. The van der Waals surface area contributed by atoms with Gasteiger partial charge in [0.15, 0.2) is 0 Å². The molecule has 0 aromatic carbocycles. The van der Waals surface area contributed by atoms with Crippen LogP contribution >= 0.6 is 12.4 Å². The van der Waals surface area contributed by atoms with E-state index < -0.39 is 6.17 Å². The van der Waals surface area contributed by atoms with Crippen molar-refractivity contribution in [1.29, 1.82) is 0 Å². The number of ether oxygens (including phenoxy) is 1. The fourth-order valence-corrected chi connectivity index (χ4v) is 6.14. The highest BCUT2D eigenvalue weighted by atomic mass is 35.5. The number of carbonyl (C=O) groups is 1. The first-order valence-corrected chi connectivity index (χ1v) is 14.1. The number of rotatable bonds is 7. The summed E-state index contributed by atoms with van der Waals surface area (Å²) in [5.41, 5.74) is 1.67. The minimum atomic E-state index is -1.09. The average molecular weight is 573 g/mol. The molecule has 0 spiro atoms. The van der Waals surface area contributed by atoms with Gasteiger partial charge in [0.1, 0.15) is 17.8 Å². The van der Waals surface area contributed by atoms with Crippen LogP contribution in [0.4, 0.5) is 22.0 Å². The van der Waals surface area contributed by atoms with Gasteiger partial charge >= 0.3 is 0 Å². The van der Waals surface area contributed by atoms with E-state index in [1.165, 1.54) is 12.8 Å². The summed E-state index contributed by atoms with van der Waals surface area (Å²) in [7, 11) is 1.55. The van der Waals surface area contributed by atoms with Crippen LogP contribution in [-0.4, -0.2) is 77.0 Å². The molecule has 2 saturated heterocycles. The summed E-state index contributed by atoms with van der Waals surface area (Å²) in [4.78, 5) is 28.8. The van der Waals surface area contributed by atoms with Crippen molar-refractivity contribution in [2.45, 2.75) is 69.3 Å². The quantitative estimate of drug-likeness (QED) is 0.387. The summed E-state index contributed by atoms with van der Waals surface area (Å²) < 4.78 is 22.0. The zero-order valence-corrected chi connectivity index (χ0v) is 23.6. The van der Waals surface area contributed by atoms with E-state index in [1.807, 2.05) is 17.2 Å². The second-order valence-corrected chi connectivity index (χ2v) is 10.9. The molecule has 0 radical (unpaired) electrons. The van der Waals surface area contributed by atoms with Gasteiger partial charge in [-0.2, -0.15) is 4.98 Å². The molecule has 6 rings (SSSR count). The summed E-state index contributed by atoms with van der Waals surface area (Å²) in [5, 5.41) is 10.7. The Balaban J connectivity index is 0.00000323. The van der Waals surface area contributed by atoms with Crippen LogP contribution in [0.15, 0.2) is 30.7 Å². The van der Waals surface area contributed by atoms with Gasteiger partial charge in [-0.05, 0) is 51.3 Å². The molecule has 5 heterocycles. The van der Waals surface area contributed by atoms with Gasteiger partial charge in [-0.25, -0.2) is 14.4 Å². The van der Waals surface area contributed by atoms with Crippen LogP contribution < -0.4 is 20.9 Å². The number of carbonyl (C=O) groups excluding carboxylic acids is 1. The van der Waals surface area contributed by atoms with Gasteiger partial charge in [0, 0.05) is 55.8 Å². The van der Waals surface area contributed by atoms with Crippen molar-refractivity contribution < 1.29 is 13.9 Å². The SMILES string of the molecule is CO[C@H]1CCN(c2nccc(Nc3cc4c(cn3)c(C(=O)NC3CCNCC3)cn4C3CCCC3)n2)C[C@H]1F.Cl. The number of halogens is 2. The van der Waals surface area contributed by atoms with Crippen LogP contribution in [-0.2, 0) is 4.74 Å². The van der Waals surface area contributed by atoms with E-state index in [1.54, 1.807) is 25.6 Å². The van der Waals surface area contributed by atoms with Crippen LogP contribution in [0.25, 0.3) is 10.9 Å². The predicted molar refractivity (Wildman–Crippen MR) is 156 cm³/mol. The Morgan fingerprint density at radius 2 is 1.93 bits per heavy atom. The van der Waals surface area contributed by atoms with Crippen molar-refractivity contribution >= 4 is 46.8 Å². The monoisotopic (exact) mass is 572 g/mol. The molecule has 3 N–H and O–H groups in total. The molecule has 0 bridgehead atoms. The summed E-state index contributed by atoms with van der Waals surface area (Å²) in [6.45, 7) is 2.68. The number of aromatic nitrogens is 4. The molecule has 1 aliphatic carbocycles. The van der Waals surface area contributed by atoms with Crippen molar-refractivity contribution in [3.8, 4) is 0 Å². The fraction of sp³-hybridized carbons (Fsp3) is 0.571. The van der Waals surface area contributed by atoms with Crippen molar-refractivity contribution in [3.63, 3.8) is 0 Å². The maximum Gasteiger partial charge on any atom is 0.253 e. The number of piperidine rings is 2. The number of fused-ring (bicyclic) bond motifs is 1. The lowest BCUT2D eigenvalue weighted by atomic mass is 10.1. The van der Waals surface area contributed by atoms with Crippen molar-refractivity contribution in [2.24, 2.45) is 0 Å². The second-order valence-electron chi connectivity index (χ2n) is 10.9. The number of anilines is 3. The van der Waals surface area contributed by atoms with E-state index in [2.05, 4.69) is 35.5 Å². The highest BCUT2D eigenvalue weighted by molar-refractivity contribution is 6.07. The van der Waals surface area contributed by atoms with Gasteiger partial charge in [0.25, 0.3) is 5.91 Å². The first kappa shape index (κ1) is 28.5. The van der Waals surface area contributed by atoms with Crippen LogP contribution in [0.3, 0.4) is 0 Å². The molecule has 3 fully saturated rings. The second kappa shape index (κ2) is 12.7.